The molecule has 7 heteroatoms. The van der Waals surface area contributed by atoms with Crippen LogP contribution in [0.3, 0.4) is 0 Å². The molecule has 0 N–H and O–H groups in total. The van der Waals surface area contributed by atoms with Crippen LogP contribution in [0.4, 0.5) is 0 Å². The monoisotopic (exact) mass is 482 g/mol. The minimum absolute atomic E-state index is 0.00107. The van der Waals surface area contributed by atoms with Crippen molar-refractivity contribution in [3.05, 3.63) is 35.8 Å². The number of rotatable bonds is 2. The average Bonchev–Trinajstić information content (AvgIpc) is 3.41. The van der Waals surface area contributed by atoms with Gasteiger partial charge in [0.1, 0.15) is 18.3 Å². The van der Waals surface area contributed by atoms with Gasteiger partial charge in [-0.2, -0.15) is 0 Å². The highest BCUT2D eigenvalue weighted by atomic mass is 16.6. The SMILES string of the molecule is CC(=O)O[C@@H]1CC2C(C)(C)C(=O)C3OC3[C@]2(C)C2CC[C@@]3(C)C(=CC(=O)O[C@@H]3c3ccoc3)[C@@]21C. The number of hydrogen-bond acceptors (Lipinski definition) is 7. The van der Waals surface area contributed by atoms with E-state index in [1.807, 2.05) is 19.9 Å². The highest BCUT2D eigenvalue weighted by Gasteiger charge is 2.77. The van der Waals surface area contributed by atoms with Crippen molar-refractivity contribution < 1.29 is 33.0 Å². The number of ether oxygens (including phenoxy) is 3. The minimum Gasteiger partial charge on any atom is -0.472 e. The van der Waals surface area contributed by atoms with Crippen LogP contribution in [0.15, 0.2) is 34.7 Å². The molecule has 2 aliphatic heterocycles. The Hall–Kier alpha value is -2.41. The third-order valence-electron chi connectivity index (χ3n) is 10.6. The number of Topliss-reactive ketones (excluding diaryl/α,β-unsaturated/α-hetero) is 1. The van der Waals surface area contributed by atoms with Crippen LogP contribution < -0.4 is 0 Å². The molecule has 6 rings (SSSR count). The Morgan fingerprint density at radius 2 is 1.86 bits per heavy atom. The van der Waals surface area contributed by atoms with Gasteiger partial charge in [0.25, 0.3) is 0 Å². The van der Waals surface area contributed by atoms with Gasteiger partial charge in [-0.15, -0.1) is 0 Å². The lowest BCUT2D eigenvalue weighted by atomic mass is 9.37. The molecule has 0 amide bonds. The lowest BCUT2D eigenvalue weighted by molar-refractivity contribution is -0.209. The summed E-state index contributed by atoms with van der Waals surface area (Å²) in [7, 11) is 0. The second kappa shape index (κ2) is 6.87. The van der Waals surface area contributed by atoms with Crippen LogP contribution >= 0.6 is 0 Å². The fourth-order valence-electron chi connectivity index (χ4n) is 9.01. The molecule has 0 radical (unpaired) electrons. The van der Waals surface area contributed by atoms with Gasteiger partial charge in [-0.1, -0.05) is 34.6 Å². The second-order valence-corrected chi connectivity index (χ2v) is 12.5. The number of esters is 2. The number of fused-ring (bicyclic) bond motifs is 7. The molecule has 4 unspecified atom stereocenters. The molecule has 0 spiro atoms. The number of epoxide rings is 1. The van der Waals surface area contributed by atoms with E-state index in [0.29, 0.717) is 6.42 Å². The zero-order valence-corrected chi connectivity index (χ0v) is 21.3. The van der Waals surface area contributed by atoms with Gasteiger partial charge < -0.3 is 18.6 Å². The number of ketones is 1. The third-order valence-corrected chi connectivity index (χ3v) is 10.6. The van der Waals surface area contributed by atoms with Crippen molar-refractivity contribution in [3.63, 3.8) is 0 Å². The van der Waals surface area contributed by atoms with Gasteiger partial charge in [-0.3, -0.25) is 9.59 Å². The summed E-state index contributed by atoms with van der Waals surface area (Å²) in [6, 6.07) is 1.85. The van der Waals surface area contributed by atoms with E-state index in [-0.39, 0.29) is 47.2 Å². The fourth-order valence-corrected chi connectivity index (χ4v) is 9.01. The maximum Gasteiger partial charge on any atom is 0.331 e. The normalized spacial score (nSPS) is 47.3. The first-order chi connectivity index (χ1) is 16.4. The van der Waals surface area contributed by atoms with Crippen molar-refractivity contribution in [2.24, 2.45) is 33.5 Å². The summed E-state index contributed by atoms with van der Waals surface area (Å²) in [5.41, 5.74) is -0.171. The molecular weight excluding hydrogens is 448 g/mol. The number of furan rings is 1. The van der Waals surface area contributed by atoms with Crippen LogP contribution in [0.2, 0.25) is 0 Å². The quantitative estimate of drug-likeness (QED) is 0.450. The average molecular weight is 483 g/mol. The predicted molar refractivity (Wildman–Crippen MR) is 124 cm³/mol. The van der Waals surface area contributed by atoms with E-state index < -0.39 is 28.5 Å². The van der Waals surface area contributed by atoms with Crippen molar-refractivity contribution in [1.82, 2.24) is 0 Å². The van der Waals surface area contributed by atoms with Gasteiger partial charge in [0.15, 0.2) is 5.78 Å². The highest BCUT2D eigenvalue weighted by Crippen LogP contribution is 2.74. The van der Waals surface area contributed by atoms with Crippen LogP contribution in [-0.2, 0) is 28.6 Å². The van der Waals surface area contributed by atoms with E-state index in [1.165, 1.54) is 6.92 Å². The van der Waals surface area contributed by atoms with Gasteiger partial charge in [0.2, 0.25) is 0 Å². The summed E-state index contributed by atoms with van der Waals surface area (Å²) in [6.07, 6.45) is 5.62. The Morgan fingerprint density at radius 1 is 1.11 bits per heavy atom. The maximum absolute atomic E-state index is 13.2. The summed E-state index contributed by atoms with van der Waals surface area (Å²) < 4.78 is 23.4. The van der Waals surface area contributed by atoms with E-state index >= 15 is 0 Å². The minimum atomic E-state index is -0.613. The Morgan fingerprint density at radius 3 is 2.51 bits per heavy atom. The summed E-state index contributed by atoms with van der Waals surface area (Å²) in [4.78, 5) is 38.6. The fraction of sp³-hybridized carbons (Fsp3) is 0.679. The summed E-state index contributed by atoms with van der Waals surface area (Å²) >= 11 is 0. The number of cyclic esters (lactones) is 1. The van der Waals surface area contributed by atoms with Gasteiger partial charge in [-0.05, 0) is 42.7 Å². The predicted octanol–water partition coefficient (Wildman–Crippen LogP) is 4.56. The third kappa shape index (κ3) is 2.73. The molecule has 35 heavy (non-hydrogen) atoms. The molecule has 0 aromatic carbocycles. The van der Waals surface area contributed by atoms with E-state index in [2.05, 4.69) is 20.8 Å². The van der Waals surface area contributed by atoms with E-state index in [0.717, 1.165) is 24.0 Å². The molecule has 0 bridgehead atoms. The zero-order chi connectivity index (χ0) is 25.1. The van der Waals surface area contributed by atoms with Crippen LogP contribution in [0, 0.1) is 33.5 Å². The maximum atomic E-state index is 13.2. The van der Waals surface area contributed by atoms with E-state index in [9.17, 15) is 14.4 Å². The Balaban J connectivity index is 1.53. The van der Waals surface area contributed by atoms with Crippen LogP contribution in [0.25, 0.3) is 0 Å². The van der Waals surface area contributed by atoms with Gasteiger partial charge in [0, 0.05) is 40.2 Å². The molecule has 1 aromatic rings. The van der Waals surface area contributed by atoms with E-state index in [4.69, 9.17) is 18.6 Å². The smallest absolute Gasteiger partial charge is 0.331 e. The van der Waals surface area contributed by atoms with E-state index in [1.54, 1.807) is 18.6 Å². The molecule has 3 aliphatic carbocycles. The summed E-state index contributed by atoms with van der Waals surface area (Å²) in [6.45, 7) is 12.0. The van der Waals surface area contributed by atoms with Crippen molar-refractivity contribution in [1.29, 1.82) is 0 Å². The second-order valence-electron chi connectivity index (χ2n) is 12.5. The topological polar surface area (TPSA) is 95.3 Å². The summed E-state index contributed by atoms with van der Waals surface area (Å²) in [5.74, 6) is -0.526. The molecule has 7 nitrogen and oxygen atoms in total. The highest BCUT2D eigenvalue weighted by molar-refractivity contribution is 5.93. The first-order valence-electron chi connectivity index (χ1n) is 12.7. The van der Waals surface area contributed by atoms with Crippen molar-refractivity contribution in [2.75, 3.05) is 0 Å². The molecule has 1 aromatic heterocycles. The van der Waals surface area contributed by atoms with Crippen molar-refractivity contribution >= 4 is 17.7 Å². The van der Waals surface area contributed by atoms with Crippen molar-refractivity contribution in [3.8, 4) is 0 Å². The molecule has 3 saturated carbocycles. The first-order valence-corrected chi connectivity index (χ1v) is 12.7. The Labute approximate surface area is 205 Å². The van der Waals surface area contributed by atoms with Crippen LogP contribution in [0.5, 0.6) is 0 Å². The van der Waals surface area contributed by atoms with Crippen molar-refractivity contribution in [2.45, 2.75) is 85.2 Å². The zero-order valence-electron chi connectivity index (χ0n) is 21.3. The number of hydrogen-bond donors (Lipinski definition) is 0. The number of carbonyl (C=O) groups is 3. The molecular formula is C28H34O7. The molecule has 3 heterocycles. The molecule has 9 atom stereocenters. The standard InChI is InChI=1S/C28H34O7/c1-14(29)33-19-11-17-25(2,3)22(31)21-24(35-21)28(17,6)16-7-9-26(4)18(27(16,19)5)12-20(30)34-23(26)15-8-10-32-13-15/h8,10,12-13,16-17,19,21,23-24H,7,9,11H2,1-6H3/t16?,17?,19-,21?,23-,24?,26+,27-,28-/m1/s1. The van der Waals surface area contributed by atoms with Crippen LogP contribution in [-0.4, -0.2) is 36.0 Å². The first kappa shape index (κ1) is 23.0. The number of carbonyl (C=O) groups excluding carboxylic acids is 3. The van der Waals surface area contributed by atoms with Gasteiger partial charge in [-0.25, -0.2) is 4.79 Å². The summed E-state index contributed by atoms with van der Waals surface area (Å²) in [5, 5.41) is 0. The van der Waals surface area contributed by atoms with Gasteiger partial charge >= 0.3 is 11.9 Å². The van der Waals surface area contributed by atoms with Gasteiger partial charge in [0.05, 0.1) is 18.6 Å². The Bertz CT molecular complexity index is 1150. The Kier molecular flexibility index (Phi) is 4.52. The van der Waals surface area contributed by atoms with Crippen LogP contribution in [0.1, 0.15) is 72.5 Å². The lowest BCUT2D eigenvalue weighted by Crippen LogP contribution is -2.68. The lowest BCUT2D eigenvalue weighted by Gasteiger charge is -2.67. The molecule has 188 valence electrons. The molecule has 4 fully saturated rings. The molecule has 1 saturated heterocycles. The largest absolute Gasteiger partial charge is 0.472 e. The molecule has 5 aliphatic rings.